The van der Waals surface area contributed by atoms with Gasteiger partial charge in [-0.15, -0.1) is 22.7 Å². The van der Waals surface area contributed by atoms with E-state index >= 15 is 0 Å². The molecule has 578 valence electrons. The van der Waals surface area contributed by atoms with Crippen LogP contribution in [-0.4, -0.2) is 29.9 Å². The summed E-state index contributed by atoms with van der Waals surface area (Å²) in [6.07, 6.45) is 0. The fourth-order valence-corrected chi connectivity index (χ4v) is 20.3. The van der Waals surface area contributed by atoms with Gasteiger partial charge in [-0.1, -0.05) is 328 Å². The summed E-state index contributed by atoms with van der Waals surface area (Å²) >= 11 is 3.58. The minimum absolute atomic E-state index is 0.567. The maximum atomic E-state index is 6.94. The number of furan rings is 2. The van der Waals surface area contributed by atoms with Crippen LogP contribution in [0.25, 0.3) is 253 Å². The van der Waals surface area contributed by atoms with Gasteiger partial charge in [0.05, 0.1) is 0 Å². The fraction of sp³-hybridized carbons (Fsp3) is 0. The molecule has 10 heteroatoms. The highest BCUT2D eigenvalue weighted by molar-refractivity contribution is 7.26. The first kappa shape index (κ1) is 72.1. The molecule has 0 saturated carbocycles. The van der Waals surface area contributed by atoms with Gasteiger partial charge >= 0.3 is 0 Å². The van der Waals surface area contributed by atoms with E-state index in [1.165, 1.54) is 31.7 Å². The van der Waals surface area contributed by atoms with Crippen LogP contribution in [0.1, 0.15) is 0 Å². The molecule has 0 saturated heterocycles. The summed E-state index contributed by atoms with van der Waals surface area (Å²) in [7, 11) is 0. The Morgan fingerprint density at radius 1 is 0.153 bits per heavy atom. The second kappa shape index (κ2) is 30.1. The number of nitrogens with zero attached hydrogens (tertiary/aromatic N) is 6. The third-order valence-corrected chi connectivity index (χ3v) is 26.4. The van der Waals surface area contributed by atoms with Gasteiger partial charge in [0.15, 0.2) is 34.9 Å². The summed E-state index contributed by atoms with van der Waals surface area (Å²) in [5.74, 6) is 3.55. The van der Waals surface area contributed by atoms with Crippen LogP contribution < -0.4 is 0 Å². The number of thiophene rings is 2. The molecule has 0 aliphatic heterocycles. The molecule has 24 rings (SSSR count). The molecule has 0 bridgehead atoms. The molecule has 0 radical (unpaired) electrons. The molecule has 0 aliphatic carbocycles. The van der Waals surface area contributed by atoms with Crippen LogP contribution in [0.4, 0.5) is 0 Å². The maximum absolute atomic E-state index is 6.94. The second-order valence-corrected chi connectivity index (χ2v) is 33.6. The topological polar surface area (TPSA) is 104 Å². The molecule has 0 unspecified atom stereocenters. The van der Waals surface area contributed by atoms with Crippen molar-refractivity contribution in [1.29, 1.82) is 0 Å². The van der Waals surface area contributed by atoms with E-state index in [9.17, 15) is 0 Å². The largest absolute Gasteiger partial charge is 0.456 e. The standard InChI is InChI=1S/C114H68N6O2S2/c1-4-24-71(25-5-1)84-34-10-11-35-85(84)72-52-48-69(49-53-72)77-57-60-102-97(64-77)106-93(42-22-46-104(106)123-102)113-117-109(74-26-6-2-7-27-74)115-111(119-113)82-33-21-32-80(63-82)95-66-83(67-96-90-40-17-19-45-100(90)122-108(95)96)76-30-20-31-79(62-76)87-37-13-12-36-86(87)73-54-50-70(51-55-73)78-58-61-103-98(65-78)107-94(43-23-47-105(107)124-103)114-118-110(75-28-8-3-9-29-75)116-112(120-114)92-41-15-14-38-88(92)81-56-59-91-89-39-16-18-44-99(89)121-101(91)68-81/h1-68H. The summed E-state index contributed by atoms with van der Waals surface area (Å²) in [6, 6.07) is 147. The molecule has 0 fully saturated rings. The van der Waals surface area contributed by atoms with Gasteiger partial charge in [-0.05, 0) is 180 Å². The number of hydrogen-bond donors (Lipinski definition) is 0. The van der Waals surface area contributed by atoms with Crippen molar-refractivity contribution in [2.75, 3.05) is 0 Å². The smallest absolute Gasteiger partial charge is 0.164 e. The summed E-state index contributed by atoms with van der Waals surface area (Å²) in [4.78, 5) is 32.2. The van der Waals surface area contributed by atoms with Crippen LogP contribution in [-0.2, 0) is 0 Å². The summed E-state index contributed by atoms with van der Waals surface area (Å²) in [6.45, 7) is 0. The van der Waals surface area contributed by atoms with Gasteiger partial charge in [-0.3, -0.25) is 0 Å². The molecular formula is C114H68N6O2S2. The third kappa shape index (κ3) is 12.8. The zero-order valence-corrected chi connectivity index (χ0v) is 68.2. The second-order valence-electron chi connectivity index (χ2n) is 31.5. The number of rotatable bonds is 15. The molecule has 18 aromatic carbocycles. The van der Waals surface area contributed by atoms with Crippen LogP contribution in [0.2, 0.25) is 0 Å². The number of para-hydroxylation sites is 2. The zero-order valence-electron chi connectivity index (χ0n) is 66.6. The monoisotopic (exact) mass is 1620 g/mol. The first-order chi connectivity index (χ1) is 61.4. The van der Waals surface area contributed by atoms with Crippen LogP contribution >= 0.6 is 22.7 Å². The normalized spacial score (nSPS) is 11.7. The van der Waals surface area contributed by atoms with Crippen LogP contribution in [0, 0.1) is 0 Å². The molecule has 0 spiro atoms. The van der Waals surface area contributed by atoms with E-state index in [0.717, 1.165) is 186 Å². The molecule has 0 aliphatic rings. The lowest BCUT2D eigenvalue weighted by atomic mass is 9.90. The lowest BCUT2D eigenvalue weighted by molar-refractivity contribution is 0.669. The molecular weight excluding hydrogens is 1550 g/mol. The van der Waals surface area contributed by atoms with Crippen LogP contribution in [0.3, 0.4) is 0 Å². The Labute approximate surface area is 721 Å². The molecule has 0 atom stereocenters. The van der Waals surface area contributed by atoms with Crippen molar-refractivity contribution in [3.05, 3.63) is 413 Å². The lowest BCUT2D eigenvalue weighted by Crippen LogP contribution is -2.01. The maximum Gasteiger partial charge on any atom is 0.164 e. The highest BCUT2D eigenvalue weighted by Gasteiger charge is 2.25. The van der Waals surface area contributed by atoms with Crippen molar-refractivity contribution in [3.63, 3.8) is 0 Å². The van der Waals surface area contributed by atoms with E-state index < -0.39 is 0 Å². The Balaban J connectivity index is 0.554. The van der Waals surface area contributed by atoms with Gasteiger partial charge in [0.1, 0.15) is 22.3 Å². The van der Waals surface area contributed by atoms with Crippen molar-refractivity contribution < 1.29 is 8.83 Å². The van der Waals surface area contributed by atoms with E-state index in [4.69, 9.17) is 38.7 Å². The average Bonchev–Trinajstić information content (AvgIpc) is 1.57. The van der Waals surface area contributed by atoms with Gasteiger partial charge in [0.2, 0.25) is 0 Å². The Morgan fingerprint density at radius 2 is 0.484 bits per heavy atom. The van der Waals surface area contributed by atoms with Crippen LogP contribution in [0.5, 0.6) is 0 Å². The van der Waals surface area contributed by atoms with E-state index in [1.54, 1.807) is 22.7 Å². The highest BCUT2D eigenvalue weighted by Crippen LogP contribution is 2.48. The van der Waals surface area contributed by atoms with Gasteiger partial charge < -0.3 is 8.83 Å². The van der Waals surface area contributed by atoms with Crippen LogP contribution in [0.15, 0.2) is 421 Å². The van der Waals surface area contributed by atoms with E-state index in [-0.39, 0.29) is 0 Å². The van der Waals surface area contributed by atoms with Crippen molar-refractivity contribution in [1.82, 2.24) is 29.9 Å². The van der Waals surface area contributed by atoms with E-state index in [1.807, 2.05) is 54.6 Å². The van der Waals surface area contributed by atoms with Crippen molar-refractivity contribution in [3.8, 4) is 168 Å². The minimum atomic E-state index is 0.567. The third-order valence-electron chi connectivity index (χ3n) is 24.1. The van der Waals surface area contributed by atoms with Gasteiger partial charge in [0.25, 0.3) is 0 Å². The zero-order chi connectivity index (χ0) is 81.7. The minimum Gasteiger partial charge on any atom is -0.456 e. The number of aromatic nitrogens is 6. The quantitative estimate of drug-likeness (QED) is 0.1000. The Hall–Kier alpha value is -16.0. The summed E-state index contributed by atoms with van der Waals surface area (Å²) in [5, 5.41) is 8.77. The SMILES string of the molecule is c1ccc(-c2nc(-c3cccc(-c4cc(-c5cccc(-c6ccccc6-c6ccc(-c7ccc8sc9cccc(-c%10nc(-c%11ccccc%11)nc(-c%11ccccc%11-c%11ccc%12c(c%11)oc%11ccccc%11%12)n%10)c9c8c7)cc6)c5)cc5c4oc4ccccc45)c3)nc(-c3cccc4sc5ccc(-c6ccc(-c7ccccc7-c7ccccc7)cc6)cc5c34)n2)cc1. The van der Waals surface area contributed by atoms with Crippen molar-refractivity contribution >= 4 is 107 Å². The predicted octanol–water partition coefficient (Wildman–Crippen LogP) is 31.6. The molecule has 8 nitrogen and oxygen atoms in total. The molecule has 6 heterocycles. The fourth-order valence-electron chi connectivity index (χ4n) is 18.1. The summed E-state index contributed by atoms with van der Waals surface area (Å²) < 4.78 is 18.0. The number of benzene rings is 18. The van der Waals surface area contributed by atoms with Gasteiger partial charge in [-0.2, -0.15) is 0 Å². The Morgan fingerprint density at radius 3 is 1.04 bits per heavy atom. The Kier molecular flexibility index (Phi) is 17.5. The summed E-state index contributed by atoms with van der Waals surface area (Å²) in [5.41, 5.74) is 28.6. The van der Waals surface area contributed by atoms with Gasteiger partial charge in [0, 0.05) is 101 Å². The van der Waals surface area contributed by atoms with Crippen molar-refractivity contribution in [2.24, 2.45) is 0 Å². The number of hydrogen-bond acceptors (Lipinski definition) is 10. The van der Waals surface area contributed by atoms with E-state index in [0.29, 0.717) is 34.9 Å². The molecule has 124 heavy (non-hydrogen) atoms. The first-order valence-corrected chi connectivity index (χ1v) is 43.2. The molecule has 6 aromatic heterocycles. The van der Waals surface area contributed by atoms with E-state index in [2.05, 4.69) is 358 Å². The molecule has 0 amide bonds. The lowest BCUT2D eigenvalue weighted by Gasteiger charge is -2.14. The predicted molar refractivity (Wildman–Crippen MR) is 515 cm³/mol. The Bertz CT molecular complexity index is 8360. The van der Waals surface area contributed by atoms with Gasteiger partial charge in [-0.25, -0.2) is 29.9 Å². The highest BCUT2D eigenvalue weighted by atomic mass is 32.1. The number of fused-ring (bicyclic) bond motifs is 12. The average molecular weight is 1620 g/mol. The molecule has 0 N–H and O–H groups in total. The first-order valence-electron chi connectivity index (χ1n) is 41.6. The van der Waals surface area contributed by atoms with Crippen molar-refractivity contribution in [2.45, 2.75) is 0 Å². The molecule has 24 aromatic rings.